The van der Waals surface area contributed by atoms with Gasteiger partial charge in [-0.1, -0.05) is 56.1 Å². The number of fused-ring (bicyclic) bond motifs is 1. The molecule has 0 saturated heterocycles. The fourth-order valence-corrected chi connectivity index (χ4v) is 4.09. The smallest absolute Gasteiger partial charge is 0.158 e. The maximum Gasteiger partial charge on any atom is 0.158 e. The number of aromatic amines is 1. The van der Waals surface area contributed by atoms with Gasteiger partial charge in [0.2, 0.25) is 0 Å². The molecule has 0 aliphatic heterocycles. The molecule has 2 heterocycles. The Labute approximate surface area is 172 Å². The van der Waals surface area contributed by atoms with E-state index < -0.39 is 0 Å². The molecule has 4 rings (SSSR count). The van der Waals surface area contributed by atoms with Crippen LogP contribution in [0.5, 0.6) is 0 Å². The number of imidazole rings is 1. The number of hydrogen-bond acceptors (Lipinski definition) is 2. The molecule has 0 radical (unpaired) electrons. The van der Waals surface area contributed by atoms with Gasteiger partial charge in [0.05, 0.1) is 26.8 Å². The molecule has 1 N–H and O–H groups in total. The van der Waals surface area contributed by atoms with Crippen LogP contribution in [-0.4, -0.2) is 19.7 Å². The number of H-pyrrole nitrogens is 1. The normalized spacial score (nSPS) is 12.1. The summed E-state index contributed by atoms with van der Waals surface area (Å²) in [5.41, 5.74) is 3.91. The molecule has 0 aliphatic rings. The van der Waals surface area contributed by atoms with Crippen LogP contribution in [0, 0.1) is 5.82 Å². The van der Waals surface area contributed by atoms with Gasteiger partial charge in [-0.2, -0.15) is 5.10 Å². The molecule has 4 nitrogen and oxygen atoms in total. The summed E-state index contributed by atoms with van der Waals surface area (Å²) in [7, 11) is 1.84. The minimum Gasteiger partial charge on any atom is -0.337 e. The summed E-state index contributed by atoms with van der Waals surface area (Å²) in [5.74, 6) is 0.248. The van der Waals surface area contributed by atoms with Crippen molar-refractivity contribution in [3.63, 3.8) is 0 Å². The molecule has 0 amide bonds. The highest BCUT2D eigenvalue weighted by Crippen LogP contribution is 2.37. The van der Waals surface area contributed by atoms with Crippen molar-refractivity contribution in [3.05, 3.63) is 58.0 Å². The zero-order chi connectivity index (χ0) is 20.2. The Morgan fingerprint density at radius 3 is 2.50 bits per heavy atom. The van der Waals surface area contributed by atoms with Crippen LogP contribution in [0.2, 0.25) is 10.0 Å². The first-order valence-electron chi connectivity index (χ1n) is 8.84. The highest BCUT2D eigenvalue weighted by Gasteiger charge is 2.27. The third kappa shape index (κ3) is 3.09. The quantitative estimate of drug-likeness (QED) is 0.412. The van der Waals surface area contributed by atoms with Crippen molar-refractivity contribution in [2.24, 2.45) is 7.05 Å². The number of hydrogen-bond donors (Lipinski definition) is 1. The monoisotopic (exact) mass is 416 g/mol. The second kappa shape index (κ2) is 6.61. The third-order valence-corrected chi connectivity index (χ3v) is 5.33. The van der Waals surface area contributed by atoms with E-state index in [0.29, 0.717) is 32.7 Å². The summed E-state index contributed by atoms with van der Waals surface area (Å²) >= 11 is 12.8. The predicted molar refractivity (Wildman–Crippen MR) is 112 cm³/mol. The third-order valence-electron chi connectivity index (χ3n) is 4.66. The lowest BCUT2D eigenvalue weighted by Crippen LogP contribution is -2.12. The minimum atomic E-state index is -0.365. The molecule has 28 heavy (non-hydrogen) atoms. The van der Waals surface area contributed by atoms with Crippen molar-refractivity contribution in [2.75, 3.05) is 0 Å². The molecule has 2 aromatic carbocycles. The van der Waals surface area contributed by atoms with E-state index in [1.807, 2.05) is 25.2 Å². The average Bonchev–Trinajstić information content (AvgIpc) is 3.14. The first-order chi connectivity index (χ1) is 13.2. The first kappa shape index (κ1) is 19.0. The van der Waals surface area contributed by atoms with E-state index in [1.54, 1.807) is 16.8 Å². The van der Waals surface area contributed by atoms with Crippen molar-refractivity contribution in [1.82, 2.24) is 19.7 Å². The van der Waals surface area contributed by atoms with Crippen LogP contribution >= 0.6 is 23.2 Å². The standard InChI is InChI=1S/C21H19Cl2FN4/c1-21(2,3)19-17(23)18(28(4)27-19)20-25-14-9-8-11(10-15(14)26-20)16-12(22)6-5-7-13(16)24/h5-10H,1-4H3,(H,25,26). The first-order valence-corrected chi connectivity index (χ1v) is 9.60. The number of nitrogens with zero attached hydrogens (tertiary/aromatic N) is 3. The van der Waals surface area contributed by atoms with Crippen LogP contribution in [0.15, 0.2) is 36.4 Å². The molecule has 0 aliphatic carbocycles. The van der Waals surface area contributed by atoms with Gasteiger partial charge in [-0.3, -0.25) is 4.68 Å². The lowest BCUT2D eigenvalue weighted by Gasteiger charge is -2.15. The average molecular weight is 417 g/mol. The Balaban J connectivity index is 1.86. The fourth-order valence-electron chi connectivity index (χ4n) is 3.29. The zero-order valence-corrected chi connectivity index (χ0v) is 17.5. The van der Waals surface area contributed by atoms with Crippen molar-refractivity contribution in [2.45, 2.75) is 26.2 Å². The molecule has 0 fully saturated rings. The van der Waals surface area contributed by atoms with Crippen LogP contribution in [0.25, 0.3) is 33.7 Å². The van der Waals surface area contributed by atoms with E-state index in [4.69, 9.17) is 23.2 Å². The number of aryl methyl sites for hydroxylation is 1. The predicted octanol–water partition coefficient (Wildman–Crippen LogP) is 6.37. The molecule has 0 saturated carbocycles. The summed E-state index contributed by atoms with van der Waals surface area (Å²) in [4.78, 5) is 7.94. The van der Waals surface area contributed by atoms with Crippen molar-refractivity contribution in [1.29, 1.82) is 0 Å². The summed E-state index contributed by atoms with van der Waals surface area (Å²) in [6, 6.07) is 10.1. The van der Waals surface area contributed by atoms with Gasteiger partial charge in [0.15, 0.2) is 5.82 Å². The number of aromatic nitrogens is 4. The van der Waals surface area contributed by atoms with Crippen LogP contribution in [0.4, 0.5) is 4.39 Å². The molecule has 0 atom stereocenters. The molecule has 2 aromatic heterocycles. The topological polar surface area (TPSA) is 46.5 Å². The molecule has 0 spiro atoms. The summed E-state index contributed by atoms with van der Waals surface area (Å²) in [6.07, 6.45) is 0. The molecular formula is C21H19Cl2FN4. The van der Waals surface area contributed by atoms with E-state index in [9.17, 15) is 4.39 Å². The van der Waals surface area contributed by atoms with Gasteiger partial charge >= 0.3 is 0 Å². The van der Waals surface area contributed by atoms with Gasteiger partial charge in [-0.15, -0.1) is 0 Å². The minimum absolute atomic E-state index is 0.187. The Morgan fingerprint density at radius 2 is 1.86 bits per heavy atom. The summed E-state index contributed by atoms with van der Waals surface area (Å²) < 4.78 is 16.0. The molecule has 7 heteroatoms. The molecule has 0 bridgehead atoms. The zero-order valence-electron chi connectivity index (χ0n) is 15.9. The SMILES string of the molecule is Cn1nc(C(C)(C)C)c(Cl)c1-c1nc2ccc(-c3c(F)cccc3Cl)cc2[nH]1. The Kier molecular flexibility index (Phi) is 4.47. The van der Waals surface area contributed by atoms with Gasteiger partial charge in [-0.25, -0.2) is 9.37 Å². The molecule has 4 aromatic rings. The molecule has 144 valence electrons. The van der Waals surface area contributed by atoms with Gasteiger partial charge in [0, 0.05) is 18.0 Å². The number of benzene rings is 2. The number of rotatable bonds is 2. The Hall–Kier alpha value is -2.37. The van der Waals surface area contributed by atoms with Crippen LogP contribution < -0.4 is 0 Å². The van der Waals surface area contributed by atoms with Gasteiger partial charge in [0.25, 0.3) is 0 Å². The maximum absolute atomic E-state index is 14.3. The van der Waals surface area contributed by atoms with Crippen molar-refractivity contribution < 1.29 is 4.39 Å². The van der Waals surface area contributed by atoms with Crippen LogP contribution in [0.1, 0.15) is 26.5 Å². The highest BCUT2D eigenvalue weighted by atomic mass is 35.5. The van der Waals surface area contributed by atoms with Crippen molar-refractivity contribution in [3.8, 4) is 22.6 Å². The summed E-state index contributed by atoms with van der Waals surface area (Å²) in [6.45, 7) is 6.19. The van der Waals surface area contributed by atoms with E-state index in [1.165, 1.54) is 6.07 Å². The van der Waals surface area contributed by atoms with E-state index in [2.05, 4.69) is 35.8 Å². The highest BCUT2D eigenvalue weighted by molar-refractivity contribution is 6.34. The largest absolute Gasteiger partial charge is 0.337 e. The van der Waals surface area contributed by atoms with Crippen LogP contribution in [-0.2, 0) is 12.5 Å². The van der Waals surface area contributed by atoms with Crippen molar-refractivity contribution >= 4 is 34.2 Å². The van der Waals surface area contributed by atoms with Gasteiger partial charge in [-0.05, 0) is 29.8 Å². The van der Waals surface area contributed by atoms with Gasteiger partial charge < -0.3 is 4.98 Å². The Morgan fingerprint density at radius 1 is 1.11 bits per heavy atom. The second-order valence-corrected chi connectivity index (χ2v) is 8.58. The number of nitrogens with one attached hydrogen (secondary N) is 1. The lowest BCUT2D eigenvalue weighted by atomic mass is 9.92. The van der Waals surface area contributed by atoms with Gasteiger partial charge in [0.1, 0.15) is 11.5 Å². The van der Waals surface area contributed by atoms with E-state index >= 15 is 0 Å². The molecular weight excluding hydrogens is 398 g/mol. The Bertz CT molecular complexity index is 1180. The second-order valence-electron chi connectivity index (χ2n) is 7.80. The maximum atomic E-state index is 14.3. The fraction of sp³-hybridized carbons (Fsp3) is 0.238. The van der Waals surface area contributed by atoms with E-state index in [0.717, 1.165) is 16.7 Å². The lowest BCUT2D eigenvalue weighted by molar-refractivity contribution is 0.553. The van der Waals surface area contributed by atoms with Crippen LogP contribution in [0.3, 0.4) is 0 Å². The number of halogens is 3. The van der Waals surface area contributed by atoms with E-state index in [-0.39, 0.29) is 11.2 Å². The molecule has 0 unspecified atom stereocenters. The summed E-state index contributed by atoms with van der Waals surface area (Å²) in [5, 5.41) is 5.51.